The van der Waals surface area contributed by atoms with Crippen LogP contribution >= 0.6 is 0 Å². The van der Waals surface area contributed by atoms with Crippen molar-refractivity contribution in [2.24, 2.45) is 5.92 Å². The van der Waals surface area contributed by atoms with Gasteiger partial charge >= 0.3 is 0 Å². The van der Waals surface area contributed by atoms with Gasteiger partial charge in [-0.1, -0.05) is 6.07 Å². The Morgan fingerprint density at radius 2 is 2.10 bits per heavy atom. The van der Waals surface area contributed by atoms with Gasteiger partial charge in [-0.2, -0.15) is 0 Å². The van der Waals surface area contributed by atoms with Gasteiger partial charge in [-0.05, 0) is 42.9 Å². The summed E-state index contributed by atoms with van der Waals surface area (Å²) >= 11 is 0. The van der Waals surface area contributed by atoms with Gasteiger partial charge in [0.2, 0.25) is 10.0 Å². The van der Waals surface area contributed by atoms with Crippen LogP contribution in [-0.2, 0) is 10.0 Å². The molecule has 0 spiro atoms. The van der Waals surface area contributed by atoms with Crippen LogP contribution in [0.15, 0.2) is 18.2 Å². The SMILES string of the molecule is CS(=O)(=O)N1CCCC(CC(O)c2ccc(F)c(F)c2)C1. The molecule has 1 fully saturated rings. The lowest BCUT2D eigenvalue weighted by atomic mass is 9.91. The smallest absolute Gasteiger partial charge is 0.211 e. The molecule has 0 amide bonds. The number of benzene rings is 1. The Morgan fingerprint density at radius 3 is 2.71 bits per heavy atom. The number of hydrogen-bond acceptors (Lipinski definition) is 3. The van der Waals surface area contributed by atoms with E-state index in [2.05, 4.69) is 0 Å². The molecule has 2 rings (SSSR count). The lowest BCUT2D eigenvalue weighted by Crippen LogP contribution is -2.39. The Morgan fingerprint density at radius 1 is 1.38 bits per heavy atom. The number of sulfonamides is 1. The van der Waals surface area contributed by atoms with Gasteiger partial charge in [-0.15, -0.1) is 0 Å². The van der Waals surface area contributed by atoms with Crippen LogP contribution in [0.3, 0.4) is 0 Å². The van der Waals surface area contributed by atoms with E-state index in [1.165, 1.54) is 16.6 Å². The predicted octanol–water partition coefficient (Wildman–Crippen LogP) is 2.06. The first-order valence-electron chi connectivity index (χ1n) is 6.85. The van der Waals surface area contributed by atoms with Crippen molar-refractivity contribution < 1.29 is 22.3 Å². The fourth-order valence-corrected chi connectivity index (χ4v) is 3.63. The van der Waals surface area contributed by atoms with Crippen LogP contribution in [0.1, 0.15) is 30.9 Å². The van der Waals surface area contributed by atoms with Crippen LogP contribution in [0.5, 0.6) is 0 Å². The topological polar surface area (TPSA) is 57.6 Å². The first kappa shape index (κ1) is 16.3. The van der Waals surface area contributed by atoms with E-state index < -0.39 is 27.8 Å². The molecule has 1 aliphatic heterocycles. The second kappa shape index (κ2) is 6.37. The number of halogens is 2. The minimum absolute atomic E-state index is 0.0107. The van der Waals surface area contributed by atoms with Gasteiger partial charge in [0.15, 0.2) is 11.6 Å². The van der Waals surface area contributed by atoms with E-state index in [4.69, 9.17) is 0 Å². The van der Waals surface area contributed by atoms with Gasteiger partial charge in [0.1, 0.15) is 0 Å². The van der Waals surface area contributed by atoms with Crippen molar-refractivity contribution in [2.75, 3.05) is 19.3 Å². The van der Waals surface area contributed by atoms with Crippen molar-refractivity contribution in [3.05, 3.63) is 35.4 Å². The van der Waals surface area contributed by atoms with Gasteiger partial charge in [0.25, 0.3) is 0 Å². The summed E-state index contributed by atoms with van der Waals surface area (Å²) in [6, 6.07) is 3.31. The third kappa shape index (κ3) is 4.21. The average Bonchev–Trinajstić information content (AvgIpc) is 2.41. The zero-order valence-corrected chi connectivity index (χ0v) is 12.6. The van der Waals surface area contributed by atoms with Gasteiger partial charge in [-0.3, -0.25) is 0 Å². The molecule has 0 aliphatic carbocycles. The Kier molecular flexibility index (Phi) is 4.95. The van der Waals surface area contributed by atoms with Crippen LogP contribution in [0.2, 0.25) is 0 Å². The molecule has 0 saturated carbocycles. The third-order valence-corrected chi connectivity index (χ3v) is 5.11. The van der Waals surface area contributed by atoms with Gasteiger partial charge in [0, 0.05) is 13.1 Å². The maximum atomic E-state index is 13.2. The van der Waals surface area contributed by atoms with Crippen molar-refractivity contribution in [1.82, 2.24) is 4.31 Å². The molecule has 21 heavy (non-hydrogen) atoms. The fraction of sp³-hybridized carbons (Fsp3) is 0.571. The van der Waals surface area contributed by atoms with Crippen LogP contribution in [0.25, 0.3) is 0 Å². The second-order valence-electron chi connectivity index (χ2n) is 5.55. The third-order valence-electron chi connectivity index (χ3n) is 3.84. The lowest BCUT2D eigenvalue weighted by Gasteiger charge is -2.32. The molecule has 1 aromatic carbocycles. The van der Waals surface area contributed by atoms with E-state index in [1.54, 1.807) is 0 Å². The molecule has 0 aromatic heterocycles. The van der Waals surface area contributed by atoms with Crippen LogP contribution < -0.4 is 0 Å². The minimum atomic E-state index is -3.23. The number of rotatable bonds is 4. The summed E-state index contributed by atoms with van der Waals surface area (Å²) in [5.74, 6) is -1.93. The van der Waals surface area contributed by atoms with Crippen molar-refractivity contribution in [3.63, 3.8) is 0 Å². The molecule has 118 valence electrons. The summed E-state index contributed by atoms with van der Waals surface area (Å²) < 4.78 is 50.5. The highest BCUT2D eigenvalue weighted by atomic mass is 32.2. The quantitative estimate of drug-likeness (QED) is 0.924. The zero-order valence-electron chi connectivity index (χ0n) is 11.8. The summed E-state index contributed by atoms with van der Waals surface area (Å²) in [6.45, 7) is 0.857. The van der Waals surface area contributed by atoms with Gasteiger partial charge in [0.05, 0.1) is 12.4 Å². The standard InChI is InChI=1S/C14H19F2NO3S/c1-21(19,20)17-6-2-3-10(9-17)7-14(18)11-4-5-12(15)13(16)8-11/h4-5,8,10,14,18H,2-3,6-7,9H2,1H3. The molecular weight excluding hydrogens is 300 g/mol. The average molecular weight is 319 g/mol. The number of hydrogen-bond donors (Lipinski definition) is 1. The molecule has 0 radical (unpaired) electrons. The van der Waals surface area contributed by atoms with Crippen molar-refractivity contribution in [2.45, 2.75) is 25.4 Å². The van der Waals surface area contributed by atoms with E-state index in [-0.39, 0.29) is 5.92 Å². The predicted molar refractivity (Wildman–Crippen MR) is 75.1 cm³/mol. The molecule has 7 heteroatoms. The maximum absolute atomic E-state index is 13.2. The first-order valence-corrected chi connectivity index (χ1v) is 8.70. The van der Waals surface area contributed by atoms with Crippen LogP contribution in [0.4, 0.5) is 8.78 Å². The molecule has 1 aliphatic rings. The number of aliphatic hydroxyl groups excluding tert-OH is 1. The van der Waals surface area contributed by atoms with Crippen molar-refractivity contribution in [3.8, 4) is 0 Å². The molecule has 4 nitrogen and oxygen atoms in total. The summed E-state index contributed by atoms with van der Waals surface area (Å²) in [5, 5.41) is 10.1. The Bertz CT molecular complexity index is 606. The van der Waals surface area contributed by atoms with E-state index >= 15 is 0 Å². The Labute approximate surface area is 123 Å². The highest BCUT2D eigenvalue weighted by Crippen LogP contribution is 2.29. The van der Waals surface area contributed by atoms with Crippen LogP contribution in [-0.4, -0.2) is 37.2 Å². The highest BCUT2D eigenvalue weighted by molar-refractivity contribution is 7.88. The van der Waals surface area contributed by atoms with E-state index in [0.29, 0.717) is 25.1 Å². The molecule has 1 heterocycles. The maximum Gasteiger partial charge on any atom is 0.211 e. The first-order chi connectivity index (χ1) is 9.77. The minimum Gasteiger partial charge on any atom is -0.388 e. The zero-order chi connectivity index (χ0) is 15.6. The monoisotopic (exact) mass is 319 g/mol. The molecule has 1 N–H and O–H groups in total. The Hall–Kier alpha value is -1.05. The molecular formula is C14H19F2NO3S. The summed E-state index contributed by atoms with van der Waals surface area (Å²) in [6.07, 6.45) is 2.12. The normalized spacial score (nSPS) is 22.2. The van der Waals surface area contributed by atoms with Gasteiger partial charge < -0.3 is 5.11 Å². The highest BCUT2D eigenvalue weighted by Gasteiger charge is 2.27. The molecule has 2 atom stereocenters. The van der Waals surface area contributed by atoms with Crippen molar-refractivity contribution >= 4 is 10.0 Å². The van der Waals surface area contributed by atoms with Gasteiger partial charge in [-0.25, -0.2) is 21.5 Å². The number of aliphatic hydroxyl groups is 1. The Balaban J connectivity index is 2.02. The fourth-order valence-electron chi connectivity index (χ4n) is 2.69. The summed E-state index contributed by atoms with van der Waals surface area (Å²) in [4.78, 5) is 0. The van der Waals surface area contributed by atoms with E-state index in [9.17, 15) is 22.3 Å². The number of nitrogens with zero attached hydrogens (tertiary/aromatic N) is 1. The largest absolute Gasteiger partial charge is 0.388 e. The van der Waals surface area contributed by atoms with Crippen LogP contribution in [0, 0.1) is 17.6 Å². The molecule has 1 saturated heterocycles. The molecule has 0 bridgehead atoms. The summed E-state index contributed by atoms with van der Waals surface area (Å²) in [5.41, 5.74) is 0.311. The van der Waals surface area contributed by atoms with Crippen molar-refractivity contribution in [1.29, 1.82) is 0 Å². The van der Waals surface area contributed by atoms with E-state index in [0.717, 1.165) is 25.0 Å². The summed E-state index contributed by atoms with van der Waals surface area (Å²) in [7, 11) is -3.23. The molecule has 1 aromatic rings. The second-order valence-corrected chi connectivity index (χ2v) is 7.54. The van der Waals surface area contributed by atoms with E-state index in [1.807, 2.05) is 0 Å². The lowest BCUT2D eigenvalue weighted by molar-refractivity contribution is 0.122. The number of piperidine rings is 1. The molecule has 2 unspecified atom stereocenters.